The van der Waals surface area contributed by atoms with E-state index in [1.807, 2.05) is 25.1 Å². The molecule has 3 aliphatic rings. The molecule has 1 aromatic heterocycles. The maximum Gasteiger partial charge on any atom is 0.246 e. The summed E-state index contributed by atoms with van der Waals surface area (Å²) >= 11 is 1.59. The molecule has 2 aromatic rings. The van der Waals surface area contributed by atoms with Crippen molar-refractivity contribution in [3.8, 4) is 11.5 Å². The molecule has 5 rings (SSSR count). The van der Waals surface area contributed by atoms with Gasteiger partial charge in [0, 0.05) is 26.2 Å². The molecule has 10 heteroatoms. The summed E-state index contributed by atoms with van der Waals surface area (Å²) in [7, 11) is 2.11. The van der Waals surface area contributed by atoms with Crippen LogP contribution < -0.4 is 19.3 Å². The lowest BCUT2D eigenvalue weighted by atomic mass is 10.2. The minimum absolute atomic E-state index is 0.0220. The van der Waals surface area contributed by atoms with Crippen molar-refractivity contribution in [2.75, 3.05) is 49.8 Å². The normalized spacial score (nSPS) is 25.0. The minimum Gasteiger partial charge on any atom is -0.454 e. The average Bonchev–Trinajstić information content (AvgIpc) is 3.41. The van der Waals surface area contributed by atoms with Crippen LogP contribution in [-0.4, -0.2) is 71.3 Å². The number of carbonyl (C=O) groups is 1. The summed E-state index contributed by atoms with van der Waals surface area (Å²) in [5.41, 5.74) is 0.976. The minimum atomic E-state index is -0.190. The van der Waals surface area contributed by atoms with E-state index < -0.39 is 0 Å². The first kappa shape index (κ1) is 17.6. The number of H-pyrrole nitrogens is 1. The molecule has 9 nitrogen and oxygen atoms in total. The van der Waals surface area contributed by atoms with Gasteiger partial charge in [-0.3, -0.25) is 9.69 Å². The smallest absolute Gasteiger partial charge is 0.246 e. The van der Waals surface area contributed by atoms with Crippen molar-refractivity contribution in [3.05, 3.63) is 23.8 Å². The first-order chi connectivity index (χ1) is 13.6. The Morgan fingerprint density at radius 2 is 1.96 bits per heavy atom. The van der Waals surface area contributed by atoms with Crippen LogP contribution in [0.25, 0.3) is 0 Å². The van der Waals surface area contributed by atoms with Gasteiger partial charge in [-0.05, 0) is 31.7 Å². The first-order valence-corrected chi connectivity index (χ1v) is 10.3. The first-order valence-electron chi connectivity index (χ1n) is 9.34. The van der Waals surface area contributed by atoms with Crippen LogP contribution in [-0.2, 0) is 4.79 Å². The number of amides is 1. The maximum atomic E-state index is 12.9. The number of thioether (sulfide) groups is 1. The third-order valence-corrected chi connectivity index (χ3v) is 6.66. The van der Waals surface area contributed by atoms with Gasteiger partial charge in [-0.25, -0.2) is 5.10 Å². The summed E-state index contributed by atoms with van der Waals surface area (Å²) in [4.78, 5) is 23.7. The van der Waals surface area contributed by atoms with Gasteiger partial charge in [-0.15, -0.1) is 16.9 Å². The standard InChI is InChI=1S/C18H22N6O3S/c1-11-15(25)24(16(28-11)12-3-4-13-14(9-12)27-10-26-13)18-19-17(20-21-18)23-7-5-22(2)6-8-23/h3-4,9,11,16H,5-8,10H2,1-2H3,(H,19,20,21). The zero-order chi connectivity index (χ0) is 19.3. The van der Waals surface area contributed by atoms with Gasteiger partial charge in [-0.2, -0.15) is 4.98 Å². The molecule has 28 heavy (non-hydrogen) atoms. The molecule has 0 bridgehead atoms. The largest absolute Gasteiger partial charge is 0.454 e. The highest BCUT2D eigenvalue weighted by Crippen LogP contribution is 2.46. The summed E-state index contributed by atoms with van der Waals surface area (Å²) in [5.74, 6) is 2.59. The lowest BCUT2D eigenvalue weighted by molar-refractivity contribution is -0.117. The summed E-state index contributed by atoms with van der Waals surface area (Å²) < 4.78 is 10.9. The quantitative estimate of drug-likeness (QED) is 0.826. The van der Waals surface area contributed by atoms with Crippen LogP contribution in [0.4, 0.5) is 11.9 Å². The molecule has 2 saturated heterocycles. The molecule has 1 N–H and O–H groups in total. The molecule has 2 unspecified atom stereocenters. The van der Waals surface area contributed by atoms with E-state index in [4.69, 9.17) is 9.47 Å². The second-order valence-electron chi connectivity index (χ2n) is 7.20. The van der Waals surface area contributed by atoms with Crippen LogP contribution in [0.5, 0.6) is 11.5 Å². The number of aromatic nitrogens is 3. The number of fused-ring (bicyclic) bond motifs is 1. The number of nitrogens with zero attached hydrogens (tertiary/aromatic N) is 5. The van der Waals surface area contributed by atoms with Crippen LogP contribution in [0.15, 0.2) is 18.2 Å². The number of aromatic amines is 1. The van der Waals surface area contributed by atoms with Crippen LogP contribution >= 0.6 is 11.8 Å². The van der Waals surface area contributed by atoms with E-state index >= 15 is 0 Å². The van der Waals surface area contributed by atoms with E-state index in [0.29, 0.717) is 17.6 Å². The average molecular weight is 402 g/mol. The Morgan fingerprint density at radius 3 is 2.79 bits per heavy atom. The van der Waals surface area contributed by atoms with Gasteiger partial charge >= 0.3 is 0 Å². The number of likely N-dealkylation sites (N-methyl/N-ethyl adjacent to an activating group) is 1. The summed E-state index contributed by atoms with van der Waals surface area (Å²) in [5, 5.41) is 7.01. The van der Waals surface area contributed by atoms with Crippen molar-refractivity contribution < 1.29 is 14.3 Å². The lowest BCUT2D eigenvalue weighted by Gasteiger charge is -2.31. The monoisotopic (exact) mass is 402 g/mol. The number of hydrogen-bond donors (Lipinski definition) is 1. The van der Waals surface area contributed by atoms with Crippen molar-refractivity contribution in [2.45, 2.75) is 17.5 Å². The third kappa shape index (κ3) is 2.96. The number of carbonyl (C=O) groups excluding carboxylic acids is 1. The van der Waals surface area contributed by atoms with Gasteiger partial charge in [0.05, 0.1) is 5.25 Å². The molecule has 1 amide bonds. The molecule has 0 spiro atoms. The molecule has 0 radical (unpaired) electrons. The highest BCUT2D eigenvalue weighted by Gasteiger charge is 2.42. The molecular formula is C18H22N6O3S. The third-order valence-electron chi connectivity index (χ3n) is 5.31. The van der Waals surface area contributed by atoms with Crippen molar-refractivity contribution in [1.82, 2.24) is 20.1 Å². The van der Waals surface area contributed by atoms with E-state index in [1.54, 1.807) is 16.7 Å². The van der Waals surface area contributed by atoms with Gasteiger partial charge in [0.15, 0.2) is 11.5 Å². The van der Waals surface area contributed by atoms with Crippen LogP contribution in [0.1, 0.15) is 17.9 Å². The Kier molecular flexibility index (Phi) is 4.31. The van der Waals surface area contributed by atoms with Gasteiger partial charge in [0.1, 0.15) is 5.37 Å². The number of rotatable bonds is 3. The van der Waals surface area contributed by atoms with Gasteiger partial charge in [-0.1, -0.05) is 6.07 Å². The van der Waals surface area contributed by atoms with Crippen molar-refractivity contribution in [2.24, 2.45) is 0 Å². The van der Waals surface area contributed by atoms with Crippen molar-refractivity contribution in [1.29, 1.82) is 0 Å². The SMILES string of the molecule is CC1SC(c2ccc3c(c2)OCO3)N(c2nc(N3CCN(C)CC3)n[nH]2)C1=O. The molecule has 2 atom stereocenters. The fourth-order valence-corrected chi connectivity index (χ4v) is 4.88. The zero-order valence-electron chi connectivity index (χ0n) is 15.8. The number of hydrogen-bond acceptors (Lipinski definition) is 8. The predicted molar refractivity (Wildman–Crippen MR) is 106 cm³/mol. The van der Waals surface area contributed by atoms with E-state index in [1.165, 1.54) is 0 Å². The number of benzene rings is 1. The number of ether oxygens (including phenoxy) is 2. The fourth-order valence-electron chi connectivity index (χ4n) is 3.63. The van der Waals surface area contributed by atoms with Crippen molar-refractivity contribution in [3.63, 3.8) is 0 Å². The highest BCUT2D eigenvalue weighted by molar-refractivity contribution is 8.01. The second kappa shape index (κ2) is 6.85. The Labute approximate surface area is 167 Å². The van der Waals surface area contributed by atoms with E-state index in [0.717, 1.165) is 37.5 Å². The second-order valence-corrected chi connectivity index (χ2v) is 8.63. The molecule has 1 aromatic carbocycles. The molecule has 0 saturated carbocycles. The fraction of sp³-hybridized carbons (Fsp3) is 0.500. The van der Waals surface area contributed by atoms with E-state index in [-0.39, 0.29) is 23.3 Å². The highest BCUT2D eigenvalue weighted by atomic mass is 32.2. The van der Waals surface area contributed by atoms with Crippen LogP contribution in [0, 0.1) is 0 Å². The van der Waals surface area contributed by atoms with Gasteiger partial charge in [0.25, 0.3) is 0 Å². The zero-order valence-corrected chi connectivity index (χ0v) is 16.6. The number of nitrogens with one attached hydrogen (secondary N) is 1. The molecule has 2 fully saturated rings. The Hall–Kier alpha value is -2.46. The van der Waals surface area contributed by atoms with E-state index in [9.17, 15) is 4.79 Å². The molecule has 3 aliphatic heterocycles. The Balaban J connectivity index is 1.43. The molecule has 148 valence electrons. The van der Waals surface area contributed by atoms with Gasteiger partial charge in [0.2, 0.25) is 24.6 Å². The molecular weight excluding hydrogens is 380 g/mol. The summed E-state index contributed by atoms with van der Waals surface area (Å²) in [6.45, 7) is 5.84. The number of piperazine rings is 1. The summed E-state index contributed by atoms with van der Waals surface area (Å²) in [6, 6.07) is 5.80. The molecule has 0 aliphatic carbocycles. The maximum absolute atomic E-state index is 12.9. The Bertz CT molecular complexity index is 897. The lowest BCUT2D eigenvalue weighted by Crippen LogP contribution is -2.45. The van der Waals surface area contributed by atoms with E-state index in [2.05, 4.69) is 32.0 Å². The van der Waals surface area contributed by atoms with Crippen LogP contribution in [0.2, 0.25) is 0 Å². The number of anilines is 2. The predicted octanol–water partition coefficient (Wildman–Crippen LogP) is 1.45. The van der Waals surface area contributed by atoms with Gasteiger partial charge < -0.3 is 19.3 Å². The summed E-state index contributed by atoms with van der Waals surface area (Å²) in [6.07, 6.45) is 0. The van der Waals surface area contributed by atoms with Crippen molar-refractivity contribution >= 4 is 29.6 Å². The Morgan fingerprint density at radius 1 is 1.18 bits per heavy atom. The van der Waals surface area contributed by atoms with Crippen LogP contribution in [0.3, 0.4) is 0 Å². The molecule has 4 heterocycles. The topological polar surface area (TPSA) is 86.8 Å².